The number of hydrogen-bond acceptors (Lipinski definition) is 1. The molecule has 0 saturated heterocycles. The van der Waals surface area contributed by atoms with Gasteiger partial charge >= 0.3 is 18.2 Å². The fourth-order valence-electron chi connectivity index (χ4n) is 1.32. The lowest BCUT2D eigenvalue weighted by Gasteiger charge is -1.99. The number of rotatable bonds is 1. The lowest BCUT2D eigenvalue weighted by Crippen LogP contribution is -2.06. The molecular weight excluding hydrogens is 268 g/mol. The van der Waals surface area contributed by atoms with Crippen LogP contribution in [0.25, 0.3) is 10.8 Å². The quantitative estimate of drug-likeness (QED) is 0.641. The smallest absolute Gasteiger partial charge is 0.483 e. The summed E-state index contributed by atoms with van der Waals surface area (Å²) >= 11 is 3.40. The van der Waals surface area contributed by atoms with Gasteiger partial charge in [-0.05, 0) is 10.8 Å². The van der Waals surface area contributed by atoms with Gasteiger partial charge in [0.05, 0.1) is 0 Å². The van der Waals surface area contributed by atoms with Crippen molar-refractivity contribution in [3.8, 4) is 0 Å². The monoisotopic (exact) mass is 276 g/mol. The Morgan fingerprint density at radius 1 is 1.13 bits per heavy atom. The van der Waals surface area contributed by atoms with Crippen molar-refractivity contribution in [2.24, 2.45) is 0 Å². The van der Waals surface area contributed by atoms with Crippen LogP contribution < -0.4 is 3.69 Å². The lowest BCUT2D eigenvalue weighted by molar-refractivity contribution is -0.122. The molecule has 0 unspecified atom stereocenters. The van der Waals surface area contributed by atoms with Crippen LogP contribution >= 0.6 is 12.9 Å². The van der Waals surface area contributed by atoms with Crippen LogP contribution in [0.4, 0.5) is 0 Å². The largest absolute Gasteiger partial charge is 0.506 e. The van der Waals surface area contributed by atoms with E-state index in [2.05, 4.69) is 55.3 Å². The van der Waals surface area contributed by atoms with Crippen LogP contribution in [-0.4, -0.2) is 29.8 Å². The molecule has 0 aliphatic carbocycles. The maximum atomic E-state index is 8.36. The van der Waals surface area contributed by atoms with E-state index in [1.54, 1.807) is 0 Å². The second kappa shape index (κ2) is 6.82. The summed E-state index contributed by atoms with van der Waals surface area (Å²) in [6, 6.07) is 15.2. The minimum Gasteiger partial charge on any atom is -0.483 e. The Morgan fingerprint density at radius 2 is 1.73 bits per heavy atom. The Bertz CT molecular complexity index is 445. The van der Waals surface area contributed by atoms with E-state index in [9.17, 15) is 0 Å². The predicted molar refractivity (Wildman–Crippen MR) is 67.0 cm³/mol. The third-order valence-electron chi connectivity index (χ3n) is 1.97. The minimum atomic E-state index is -0.250. The molecule has 4 heteroatoms. The van der Waals surface area contributed by atoms with Gasteiger partial charge in [-0.1, -0.05) is 42.5 Å². The highest BCUT2D eigenvalue weighted by atomic mass is 79.9. The van der Waals surface area contributed by atoms with Crippen molar-refractivity contribution in [1.82, 2.24) is 0 Å². The predicted octanol–water partition coefficient (Wildman–Crippen LogP) is 2.18. The molecule has 0 saturated carbocycles. The number of benzene rings is 2. The molecule has 0 aliphatic rings. The fraction of sp³-hybridized carbons (Fsp3) is 0. The number of carbonyl (C=O) groups is 1. The third-order valence-corrected chi connectivity index (χ3v) is 4.66. The van der Waals surface area contributed by atoms with Crippen molar-refractivity contribution < 1.29 is 9.90 Å². The van der Waals surface area contributed by atoms with Crippen molar-refractivity contribution in [2.75, 3.05) is 0 Å². The van der Waals surface area contributed by atoms with Crippen molar-refractivity contribution >= 4 is 52.0 Å². The van der Waals surface area contributed by atoms with Gasteiger partial charge in [0, 0.05) is 0 Å². The third kappa shape index (κ3) is 3.81. The van der Waals surface area contributed by atoms with Gasteiger partial charge in [0.15, 0.2) is 0 Å². The molecule has 1 N–H and O–H groups in total. The van der Waals surface area contributed by atoms with E-state index in [-0.39, 0.29) is 24.7 Å². The van der Waals surface area contributed by atoms with Crippen molar-refractivity contribution in [3.63, 3.8) is 0 Å². The molecule has 2 aromatic rings. The normalized spacial score (nSPS) is 8.60. The maximum absolute atomic E-state index is 8.36. The standard InChI is InChI=1S/C10H7.CH2O2.BrH.Mg/c1-2-6-10-8-4-3-7-9(10)5-1;2-1-3;;/h1-3,5-8H;1H,(H,2,3);1H;/q;;;+1/p-1. The van der Waals surface area contributed by atoms with E-state index in [1.807, 2.05) is 0 Å². The molecule has 0 atom stereocenters. The van der Waals surface area contributed by atoms with E-state index >= 15 is 0 Å². The second-order valence-corrected chi connectivity index (χ2v) is 5.69. The molecule has 0 heterocycles. The average molecular weight is 277 g/mol. The summed E-state index contributed by atoms with van der Waals surface area (Å²) in [4.78, 5) is 8.36. The van der Waals surface area contributed by atoms with E-state index < -0.39 is 0 Å². The topological polar surface area (TPSA) is 37.3 Å². The average Bonchev–Trinajstić information content (AvgIpc) is 2.29. The van der Waals surface area contributed by atoms with Crippen LogP contribution in [-0.2, 0) is 4.79 Å². The summed E-state index contributed by atoms with van der Waals surface area (Å²) in [6.45, 7) is -0.250. The van der Waals surface area contributed by atoms with Crippen LogP contribution in [0, 0.1) is 0 Å². The van der Waals surface area contributed by atoms with Gasteiger partial charge in [-0.25, -0.2) is 0 Å². The zero-order chi connectivity index (χ0) is 11.1. The molecule has 0 amide bonds. The first-order chi connectivity index (χ1) is 7.31. The molecule has 0 fully saturated rings. The first kappa shape index (κ1) is 12.5. The molecule has 0 aliphatic heterocycles. The van der Waals surface area contributed by atoms with Gasteiger partial charge in [-0.3, -0.25) is 17.7 Å². The molecular formula is C11H9BrMgO2. The van der Waals surface area contributed by atoms with Gasteiger partial charge in [-0.15, -0.1) is 0 Å². The van der Waals surface area contributed by atoms with Gasteiger partial charge in [0.2, 0.25) is 0 Å². The number of fused-ring (bicyclic) bond motifs is 1. The molecule has 74 valence electrons. The summed E-state index contributed by atoms with van der Waals surface area (Å²) < 4.78 is 1.47. The number of carboxylic acid groups (broad SMARTS) is 1. The molecule has 2 rings (SSSR count). The SMILES string of the molecule is O=CO.[Br][Mg][c]1ccc2ccccc2c1. The minimum absolute atomic E-state index is 0.184. The molecule has 0 aromatic heterocycles. The number of hydrogen-bond donors (Lipinski definition) is 1. The first-order valence-electron chi connectivity index (χ1n) is 4.43. The van der Waals surface area contributed by atoms with Crippen LogP contribution in [0.2, 0.25) is 0 Å². The first-order valence-corrected chi connectivity index (χ1v) is 9.04. The molecule has 0 spiro atoms. The van der Waals surface area contributed by atoms with E-state index in [4.69, 9.17) is 9.90 Å². The Morgan fingerprint density at radius 3 is 2.33 bits per heavy atom. The summed E-state index contributed by atoms with van der Waals surface area (Å²) in [7, 11) is 0. The van der Waals surface area contributed by atoms with Gasteiger partial charge in [0.1, 0.15) is 0 Å². The van der Waals surface area contributed by atoms with E-state index in [0.29, 0.717) is 0 Å². The molecule has 2 aromatic carbocycles. The molecule has 2 nitrogen and oxygen atoms in total. The van der Waals surface area contributed by atoms with Gasteiger partial charge in [-0.2, -0.15) is 3.69 Å². The van der Waals surface area contributed by atoms with Crippen LogP contribution in [0.15, 0.2) is 42.5 Å². The molecule has 0 bridgehead atoms. The van der Waals surface area contributed by atoms with E-state index in [0.717, 1.165) is 0 Å². The molecule has 0 radical (unpaired) electrons. The van der Waals surface area contributed by atoms with Gasteiger partial charge < -0.3 is 5.11 Å². The Labute approximate surface area is 104 Å². The Kier molecular flexibility index (Phi) is 5.68. The summed E-state index contributed by atoms with van der Waals surface area (Å²) in [5.41, 5.74) is 0. The van der Waals surface area contributed by atoms with Crippen molar-refractivity contribution in [1.29, 1.82) is 0 Å². The highest BCUT2D eigenvalue weighted by Gasteiger charge is 1.95. The van der Waals surface area contributed by atoms with E-state index in [1.165, 1.54) is 14.5 Å². The van der Waals surface area contributed by atoms with Crippen LogP contribution in [0.1, 0.15) is 0 Å². The Balaban J connectivity index is 0.000000337. The highest BCUT2D eigenvalue weighted by molar-refractivity contribution is 9.23. The highest BCUT2D eigenvalue weighted by Crippen LogP contribution is 2.10. The zero-order valence-corrected chi connectivity index (χ0v) is 11.1. The van der Waals surface area contributed by atoms with Crippen molar-refractivity contribution in [3.05, 3.63) is 42.5 Å². The maximum Gasteiger partial charge on any atom is 0.506 e. The van der Waals surface area contributed by atoms with Crippen molar-refractivity contribution in [2.45, 2.75) is 0 Å². The number of halogens is 1. The van der Waals surface area contributed by atoms with Crippen LogP contribution in [0.3, 0.4) is 0 Å². The summed E-state index contributed by atoms with van der Waals surface area (Å²) in [5, 5.41) is 9.57. The van der Waals surface area contributed by atoms with Crippen LogP contribution in [0.5, 0.6) is 0 Å². The summed E-state index contributed by atoms with van der Waals surface area (Å²) in [6.07, 6.45) is 0. The summed E-state index contributed by atoms with van der Waals surface area (Å²) in [5.74, 6) is 0. The van der Waals surface area contributed by atoms with Gasteiger partial charge in [0.25, 0.3) is 6.47 Å². The molecule has 15 heavy (non-hydrogen) atoms. The second-order valence-electron chi connectivity index (χ2n) is 2.92. The fourth-order valence-corrected chi connectivity index (χ4v) is 2.87. The lowest BCUT2D eigenvalue weighted by atomic mass is 10.1. The zero-order valence-electron chi connectivity index (χ0n) is 8.06. The Hall–Kier alpha value is -0.584.